The molecular weight excluding hydrogens is 432 g/mol. The SMILES string of the molecule is CCCCC1(CCCC)CSc2cc(OCC(=O)O)c(N(C)C)cc2N(c2ccccc2)C1. The number of anilines is 3. The van der Waals surface area contributed by atoms with Crippen molar-refractivity contribution in [3.8, 4) is 5.75 Å². The van der Waals surface area contributed by atoms with Gasteiger partial charge in [0.2, 0.25) is 0 Å². The molecule has 33 heavy (non-hydrogen) atoms. The van der Waals surface area contributed by atoms with Gasteiger partial charge in [-0.05, 0) is 42.5 Å². The molecule has 0 saturated carbocycles. The molecule has 3 rings (SSSR count). The van der Waals surface area contributed by atoms with Crippen LogP contribution in [-0.2, 0) is 4.79 Å². The van der Waals surface area contributed by atoms with Crippen molar-refractivity contribution >= 4 is 34.8 Å². The van der Waals surface area contributed by atoms with Crippen LogP contribution in [0.3, 0.4) is 0 Å². The quantitative estimate of drug-likeness (QED) is 0.389. The summed E-state index contributed by atoms with van der Waals surface area (Å²) in [4.78, 5) is 16.8. The van der Waals surface area contributed by atoms with Crippen LogP contribution in [0.15, 0.2) is 47.4 Å². The van der Waals surface area contributed by atoms with Crippen molar-refractivity contribution in [2.75, 3.05) is 42.8 Å². The highest BCUT2D eigenvalue weighted by atomic mass is 32.2. The standard InChI is InChI=1S/C27H38N2O3S/c1-5-7-14-27(15-8-6-2)19-29(21-12-10-9-11-13-21)23-16-22(28(3)4)24(32-18-26(30)31)17-25(23)33-20-27/h9-13,16-17H,5-8,14-15,18-20H2,1-4H3,(H,30,31). The Bertz CT molecular complexity index is 909. The predicted octanol–water partition coefficient (Wildman–Crippen LogP) is 6.83. The Morgan fingerprint density at radius 1 is 1.12 bits per heavy atom. The maximum absolute atomic E-state index is 11.2. The van der Waals surface area contributed by atoms with E-state index in [-0.39, 0.29) is 12.0 Å². The summed E-state index contributed by atoms with van der Waals surface area (Å²) in [6.07, 6.45) is 7.31. The number of ether oxygens (including phenoxy) is 1. The van der Waals surface area contributed by atoms with Gasteiger partial charge in [-0.25, -0.2) is 4.79 Å². The molecule has 1 aliphatic heterocycles. The summed E-state index contributed by atoms with van der Waals surface area (Å²) < 4.78 is 5.72. The van der Waals surface area contributed by atoms with E-state index in [0.29, 0.717) is 5.75 Å². The lowest BCUT2D eigenvalue weighted by Gasteiger charge is -2.38. The van der Waals surface area contributed by atoms with Crippen LogP contribution in [0.25, 0.3) is 0 Å². The maximum atomic E-state index is 11.2. The average Bonchev–Trinajstić information content (AvgIpc) is 2.97. The van der Waals surface area contributed by atoms with Gasteiger partial charge in [0, 0.05) is 37.0 Å². The van der Waals surface area contributed by atoms with Crippen molar-refractivity contribution in [2.45, 2.75) is 57.3 Å². The molecule has 1 aliphatic rings. The summed E-state index contributed by atoms with van der Waals surface area (Å²) in [6.45, 7) is 5.19. The molecule has 5 nitrogen and oxygen atoms in total. The van der Waals surface area contributed by atoms with E-state index >= 15 is 0 Å². The third-order valence-corrected chi connectivity index (χ3v) is 7.78. The van der Waals surface area contributed by atoms with E-state index in [1.165, 1.54) is 49.9 Å². The number of benzene rings is 2. The first-order valence-corrected chi connectivity index (χ1v) is 13.0. The van der Waals surface area contributed by atoms with E-state index in [1.807, 2.05) is 36.8 Å². The number of unbranched alkanes of at least 4 members (excludes halogenated alkanes) is 2. The Hall–Kier alpha value is -2.34. The fraction of sp³-hybridized carbons (Fsp3) is 0.519. The van der Waals surface area contributed by atoms with Crippen LogP contribution in [0.5, 0.6) is 5.75 Å². The number of carbonyl (C=O) groups is 1. The lowest BCUT2D eigenvalue weighted by atomic mass is 9.79. The lowest BCUT2D eigenvalue weighted by Crippen LogP contribution is -2.36. The fourth-order valence-corrected chi connectivity index (χ4v) is 5.89. The van der Waals surface area contributed by atoms with Crippen LogP contribution in [0.2, 0.25) is 0 Å². The van der Waals surface area contributed by atoms with Gasteiger partial charge in [0.05, 0.1) is 11.4 Å². The second-order valence-electron chi connectivity index (χ2n) is 9.28. The summed E-state index contributed by atoms with van der Waals surface area (Å²) in [7, 11) is 3.94. The molecule has 180 valence electrons. The second-order valence-corrected chi connectivity index (χ2v) is 10.3. The number of nitrogens with zero attached hydrogens (tertiary/aromatic N) is 2. The molecule has 0 amide bonds. The molecule has 0 aromatic heterocycles. The van der Waals surface area contributed by atoms with E-state index in [1.54, 1.807) is 0 Å². The molecule has 0 fully saturated rings. The van der Waals surface area contributed by atoms with Gasteiger partial charge >= 0.3 is 5.97 Å². The first kappa shape index (κ1) is 25.3. The Morgan fingerprint density at radius 2 is 1.79 bits per heavy atom. The Labute approximate surface area is 203 Å². The van der Waals surface area contributed by atoms with Gasteiger partial charge in [-0.3, -0.25) is 0 Å². The highest BCUT2D eigenvalue weighted by molar-refractivity contribution is 7.99. The van der Waals surface area contributed by atoms with Crippen molar-refractivity contribution in [1.29, 1.82) is 0 Å². The van der Waals surface area contributed by atoms with Crippen LogP contribution in [0.1, 0.15) is 52.4 Å². The Balaban J connectivity index is 2.11. The van der Waals surface area contributed by atoms with Crippen LogP contribution < -0.4 is 14.5 Å². The van der Waals surface area contributed by atoms with Gasteiger partial charge in [-0.1, -0.05) is 57.7 Å². The second kappa shape index (κ2) is 11.7. The first-order valence-electron chi connectivity index (χ1n) is 12.0. The molecule has 1 N–H and O–H groups in total. The number of fused-ring (bicyclic) bond motifs is 1. The molecule has 6 heteroatoms. The average molecular weight is 471 g/mol. The molecule has 0 aliphatic carbocycles. The van der Waals surface area contributed by atoms with Gasteiger partial charge in [0.15, 0.2) is 6.61 Å². The summed E-state index contributed by atoms with van der Waals surface area (Å²) in [5.41, 5.74) is 3.49. The maximum Gasteiger partial charge on any atom is 0.341 e. The Morgan fingerprint density at radius 3 is 2.36 bits per heavy atom. The largest absolute Gasteiger partial charge is 0.480 e. The monoisotopic (exact) mass is 470 g/mol. The van der Waals surface area contributed by atoms with Gasteiger partial charge in [-0.15, -0.1) is 11.8 Å². The number of para-hydroxylation sites is 1. The number of aliphatic carboxylic acids is 1. The van der Waals surface area contributed by atoms with Crippen LogP contribution >= 0.6 is 11.8 Å². The fourth-order valence-electron chi connectivity index (χ4n) is 4.54. The zero-order valence-electron chi connectivity index (χ0n) is 20.5. The molecule has 0 saturated heterocycles. The number of hydrogen-bond donors (Lipinski definition) is 1. The molecule has 0 atom stereocenters. The number of carboxylic acid groups (broad SMARTS) is 1. The number of carboxylic acids is 1. The van der Waals surface area contributed by atoms with Crippen LogP contribution in [0, 0.1) is 5.41 Å². The minimum absolute atomic E-state index is 0.228. The molecule has 0 bridgehead atoms. The van der Waals surface area contributed by atoms with Crippen LogP contribution in [-0.4, -0.2) is 44.1 Å². The predicted molar refractivity (Wildman–Crippen MR) is 140 cm³/mol. The van der Waals surface area contributed by atoms with E-state index < -0.39 is 5.97 Å². The third kappa shape index (κ3) is 6.38. The summed E-state index contributed by atoms with van der Waals surface area (Å²) in [5, 5.41) is 9.16. The molecule has 0 radical (unpaired) electrons. The molecule has 0 spiro atoms. The Kier molecular flexibility index (Phi) is 8.95. The summed E-state index contributed by atoms with van der Waals surface area (Å²) in [6, 6.07) is 14.9. The zero-order valence-corrected chi connectivity index (χ0v) is 21.3. The van der Waals surface area contributed by atoms with Gasteiger partial charge < -0.3 is 19.6 Å². The normalized spacial score (nSPS) is 15.0. The molecule has 0 unspecified atom stereocenters. The van der Waals surface area contributed by atoms with Gasteiger partial charge in [-0.2, -0.15) is 0 Å². The highest BCUT2D eigenvalue weighted by Crippen LogP contribution is 2.50. The first-order chi connectivity index (χ1) is 15.9. The van der Waals surface area contributed by atoms with E-state index in [4.69, 9.17) is 9.84 Å². The molecular formula is C27H38N2O3S. The smallest absolute Gasteiger partial charge is 0.341 e. The number of rotatable bonds is 11. The third-order valence-electron chi connectivity index (χ3n) is 6.38. The molecule has 2 aromatic carbocycles. The van der Waals surface area contributed by atoms with Crippen molar-refractivity contribution in [2.24, 2.45) is 5.41 Å². The van der Waals surface area contributed by atoms with E-state index in [9.17, 15) is 4.79 Å². The van der Waals surface area contributed by atoms with Crippen molar-refractivity contribution in [1.82, 2.24) is 0 Å². The van der Waals surface area contributed by atoms with Crippen molar-refractivity contribution < 1.29 is 14.6 Å². The van der Waals surface area contributed by atoms with E-state index in [2.05, 4.69) is 55.1 Å². The number of thioether (sulfide) groups is 1. The van der Waals surface area contributed by atoms with Crippen molar-refractivity contribution in [3.63, 3.8) is 0 Å². The van der Waals surface area contributed by atoms with E-state index in [0.717, 1.165) is 22.9 Å². The molecule has 1 heterocycles. The van der Waals surface area contributed by atoms with Crippen molar-refractivity contribution in [3.05, 3.63) is 42.5 Å². The minimum Gasteiger partial charge on any atom is -0.480 e. The summed E-state index contributed by atoms with van der Waals surface area (Å²) in [5.74, 6) is 0.714. The number of hydrogen-bond acceptors (Lipinski definition) is 5. The van der Waals surface area contributed by atoms with Gasteiger partial charge in [0.1, 0.15) is 5.75 Å². The topological polar surface area (TPSA) is 53.0 Å². The molecule has 2 aromatic rings. The highest BCUT2D eigenvalue weighted by Gasteiger charge is 2.36. The van der Waals surface area contributed by atoms with Crippen LogP contribution in [0.4, 0.5) is 17.1 Å². The minimum atomic E-state index is -0.966. The lowest BCUT2D eigenvalue weighted by molar-refractivity contribution is -0.139. The zero-order chi connectivity index (χ0) is 23.8. The summed E-state index contributed by atoms with van der Waals surface area (Å²) >= 11 is 1.90. The van der Waals surface area contributed by atoms with Gasteiger partial charge in [0.25, 0.3) is 0 Å².